The molecule has 2 aliphatic rings. The van der Waals surface area contributed by atoms with E-state index in [0.717, 1.165) is 23.4 Å². The van der Waals surface area contributed by atoms with Crippen LogP contribution in [0.4, 0.5) is 11.4 Å². The number of fused-ring (bicyclic) bond motifs is 3. The molecule has 2 aromatic rings. The predicted molar refractivity (Wildman–Crippen MR) is 113 cm³/mol. The molecule has 2 amide bonds. The standard InChI is InChI=1S/C21H20N4O2S/c1-2-8-17-20(27)24-19-15-11-6-7-12-16(15)23-21(25(17)19)28-13-18(26)22-14-9-4-3-5-10-14/h3-7,9-12,17H,2,8,13H2,1H3,(H,22,26). The molecule has 0 saturated heterocycles. The van der Waals surface area contributed by atoms with Gasteiger partial charge in [-0.2, -0.15) is 4.99 Å². The molecule has 1 atom stereocenters. The van der Waals surface area contributed by atoms with E-state index >= 15 is 0 Å². The Morgan fingerprint density at radius 2 is 1.86 bits per heavy atom. The van der Waals surface area contributed by atoms with Crippen molar-refractivity contribution >= 4 is 46.0 Å². The van der Waals surface area contributed by atoms with E-state index in [-0.39, 0.29) is 23.6 Å². The molecule has 4 rings (SSSR count). The Kier molecular flexibility index (Phi) is 5.25. The summed E-state index contributed by atoms with van der Waals surface area (Å²) in [6.45, 7) is 2.04. The first-order valence-electron chi connectivity index (χ1n) is 9.25. The Morgan fingerprint density at radius 3 is 2.64 bits per heavy atom. The molecule has 0 saturated carbocycles. The number of thioether (sulfide) groups is 1. The quantitative estimate of drug-likeness (QED) is 0.840. The largest absolute Gasteiger partial charge is 0.325 e. The van der Waals surface area contributed by atoms with Gasteiger partial charge in [-0.25, -0.2) is 4.99 Å². The lowest BCUT2D eigenvalue weighted by Crippen LogP contribution is -2.43. The topological polar surface area (TPSA) is 74.1 Å². The van der Waals surface area contributed by atoms with Crippen LogP contribution in [-0.2, 0) is 9.59 Å². The number of benzene rings is 2. The molecular weight excluding hydrogens is 372 g/mol. The molecule has 2 aromatic carbocycles. The van der Waals surface area contributed by atoms with E-state index in [0.29, 0.717) is 17.4 Å². The van der Waals surface area contributed by atoms with Gasteiger partial charge in [0.05, 0.1) is 11.4 Å². The van der Waals surface area contributed by atoms with Gasteiger partial charge in [0.25, 0.3) is 5.91 Å². The first-order chi connectivity index (χ1) is 13.7. The molecule has 142 valence electrons. The number of rotatable bonds is 5. The van der Waals surface area contributed by atoms with Crippen LogP contribution in [0.5, 0.6) is 0 Å². The Balaban J connectivity index is 1.56. The van der Waals surface area contributed by atoms with Crippen molar-refractivity contribution in [2.24, 2.45) is 9.98 Å². The van der Waals surface area contributed by atoms with Crippen LogP contribution in [0, 0.1) is 0 Å². The molecule has 0 radical (unpaired) electrons. The van der Waals surface area contributed by atoms with Crippen molar-refractivity contribution in [2.45, 2.75) is 25.8 Å². The van der Waals surface area contributed by atoms with E-state index in [1.807, 2.05) is 66.4 Å². The van der Waals surface area contributed by atoms with Crippen LogP contribution in [-0.4, -0.2) is 39.5 Å². The lowest BCUT2D eigenvalue weighted by atomic mass is 10.1. The van der Waals surface area contributed by atoms with Crippen molar-refractivity contribution in [2.75, 3.05) is 11.1 Å². The van der Waals surface area contributed by atoms with Crippen molar-refractivity contribution in [3.8, 4) is 0 Å². The molecule has 0 spiro atoms. The third-order valence-corrected chi connectivity index (χ3v) is 5.51. The number of anilines is 1. The van der Waals surface area contributed by atoms with Gasteiger partial charge in [-0.15, -0.1) is 0 Å². The van der Waals surface area contributed by atoms with Crippen LogP contribution in [0.2, 0.25) is 0 Å². The average Bonchev–Trinajstić information content (AvgIpc) is 3.04. The number of nitrogens with zero attached hydrogens (tertiary/aromatic N) is 3. The second-order valence-electron chi connectivity index (χ2n) is 6.56. The summed E-state index contributed by atoms with van der Waals surface area (Å²) < 4.78 is 0. The van der Waals surface area contributed by atoms with Gasteiger partial charge >= 0.3 is 0 Å². The predicted octanol–water partition coefficient (Wildman–Crippen LogP) is 3.82. The van der Waals surface area contributed by atoms with Gasteiger partial charge in [-0.3, -0.25) is 14.5 Å². The van der Waals surface area contributed by atoms with Crippen LogP contribution in [0.25, 0.3) is 0 Å². The van der Waals surface area contributed by atoms with E-state index in [1.165, 1.54) is 11.8 Å². The second-order valence-corrected chi connectivity index (χ2v) is 7.51. The second kappa shape index (κ2) is 7.98. The van der Waals surface area contributed by atoms with Gasteiger partial charge in [0, 0.05) is 11.3 Å². The summed E-state index contributed by atoms with van der Waals surface area (Å²) in [5, 5.41) is 3.52. The van der Waals surface area contributed by atoms with Crippen molar-refractivity contribution in [3.05, 3.63) is 60.2 Å². The third kappa shape index (κ3) is 3.57. The number of amides is 2. The van der Waals surface area contributed by atoms with Crippen molar-refractivity contribution in [1.82, 2.24) is 4.90 Å². The van der Waals surface area contributed by atoms with Gasteiger partial charge in [0.15, 0.2) is 5.17 Å². The fourth-order valence-electron chi connectivity index (χ4n) is 3.30. The molecule has 1 unspecified atom stereocenters. The number of carbonyl (C=O) groups is 2. The van der Waals surface area contributed by atoms with Crippen LogP contribution in [0.3, 0.4) is 0 Å². The van der Waals surface area contributed by atoms with E-state index < -0.39 is 0 Å². The zero-order valence-electron chi connectivity index (χ0n) is 15.5. The average molecular weight is 392 g/mol. The molecule has 2 heterocycles. The first-order valence-corrected chi connectivity index (χ1v) is 10.2. The highest BCUT2D eigenvalue weighted by Crippen LogP contribution is 2.35. The van der Waals surface area contributed by atoms with E-state index in [2.05, 4.69) is 10.3 Å². The Morgan fingerprint density at radius 1 is 1.11 bits per heavy atom. The van der Waals surface area contributed by atoms with Crippen molar-refractivity contribution < 1.29 is 9.59 Å². The minimum atomic E-state index is -0.350. The molecule has 0 aromatic heterocycles. The van der Waals surface area contributed by atoms with Gasteiger partial charge in [-0.1, -0.05) is 55.4 Å². The van der Waals surface area contributed by atoms with E-state index in [1.54, 1.807) is 0 Å². The van der Waals surface area contributed by atoms with Crippen molar-refractivity contribution in [1.29, 1.82) is 0 Å². The number of carbonyl (C=O) groups excluding carboxylic acids is 2. The maximum absolute atomic E-state index is 12.5. The fraction of sp³-hybridized carbons (Fsp3) is 0.238. The number of nitrogens with one attached hydrogen (secondary N) is 1. The summed E-state index contributed by atoms with van der Waals surface area (Å²) in [4.78, 5) is 35.8. The Bertz CT molecular complexity index is 971. The number of amidine groups is 2. The van der Waals surface area contributed by atoms with Gasteiger partial charge in [-0.05, 0) is 30.7 Å². The number of hydrogen-bond donors (Lipinski definition) is 1. The Hall–Kier alpha value is -2.93. The fourth-order valence-corrected chi connectivity index (χ4v) is 4.15. The van der Waals surface area contributed by atoms with Crippen LogP contribution in [0.15, 0.2) is 64.6 Å². The molecule has 7 heteroatoms. The first kappa shape index (κ1) is 18.4. The summed E-state index contributed by atoms with van der Waals surface area (Å²) in [6, 6.07) is 16.6. The monoisotopic (exact) mass is 392 g/mol. The maximum atomic E-state index is 12.5. The van der Waals surface area contributed by atoms with Gasteiger partial charge in [0.1, 0.15) is 11.9 Å². The molecule has 2 aliphatic heterocycles. The van der Waals surface area contributed by atoms with Crippen LogP contribution < -0.4 is 5.32 Å². The van der Waals surface area contributed by atoms with E-state index in [4.69, 9.17) is 4.99 Å². The highest BCUT2D eigenvalue weighted by molar-refractivity contribution is 8.14. The van der Waals surface area contributed by atoms with E-state index in [9.17, 15) is 9.59 Å². The molecular formula is C21H20N4O2S. The minimum absolute atomic E-state index is 0.117. The number of hydrogen-bond acceptors (Lipinski definition) is 5. The third-order valence-electron chi connectivity index (χ3n) is 4.56. The lowest BCUT2D eigenvalue weighted by molar-refractivity contribution is -0.119. The lowest BCUT2D eigenvalue weighted by Gasteiger charge is -2.30. The zero-order valence-corrected chi connectivity index (χ0v) is 16.3. The smallest absolute Gasteiger partial charge is 0.270 e. The molecule has 1 N–H and O–H groups in total. The normalized spacial score (nSPS) is 17.5. The number of para-hydroxylation sites is 2. The molecule has 0 aliphatic carbocycles. The highest BCUT2D eigenvalue weighted by Gasteiger charge is 2.41. The number of aliphatic imine (C=N–C) groups is 2. The SMILES string of the molecule is CCCC1C(=O)N=C2c3ccccc3N=C(SCC(=O)Nc3ccccc3)N21. The van der Waals surface area contributed by atoms with Crippen LogP contribution >= 0.6 is 11.8 Å². The summed E-state index contributed by atoms with van der Waals surface area (Å²) in [5.74, 6) is 0.580. The summed E-state index contributed by atoms with van der Waals surface area (Å²) in [6.07, 6.45) is 1.56. The molecule has 0 bridgehead atoms. The zero-order chi connectivity index (χ0) is 19.5. The van der Waals surface area contributed by atoms with Crippen LogP contribution in [0.1, 0.15) is 25.3 Å². The summed E-state index contributed by atoms with van der Waals surface area (Å²) >= 11 is 1.33. The molecule has 0 fully saturated rings. The Labute approximate surface area is 167 Å². The molecule has 6 nitrogen and oxygen atoms in total. The summed E-state index contributed by atoms with van der Waals surface area (Å²) in [7, 11) is 0. The van der Waals surface area contributed by atoms with Crippen molar-refractivity contribution in [3.63, 3.8) is 0 Å². The maximum Gasteiger partial charge on any atom is 0.270 e. The van der Waals surface area contributed by atoms with Gasteiger partial charge < -0.3 is 5.32 Å². The van der Waals surface area contributed by atoms with Gasteiger partial charge in [0.2, 0.25) is 5.91 Å². The highest BCUT2D eigenvalue weighted by atomic mass is 32.2. The molecule has 28 heavy (non-hydrogen) atoms. The summed E-state index contributed by atoms with van der Waals surface area (Å²) in [5.41, 5.74) is 2.38. The minimum Gasteiger partial charge on any atom is -0.325 e.